The zero-order chi connectivity index (χ0) is 19.9. The Balaban J connectivity index is 1.77. The van der Waals surface area contributed by atoms with Crippen LogP contribution in [0.5, 0.6) is 0 Å². The molecule has 3 nitrogen and oxygen atoms in total. The van der Waals surface area contributed by atoms with Gasteiger partial charge in [0.25, 0.3) is 0 Å². The zero-order valence-corrected chi connectivity index (χ0v) is 16.2. The molecule has 1 unspecified atom stereocenters. The molecule has 2 aromatic carbocycles. The Kier molecular flexibility index (Phi) is 6.66. The maximum absolute atomic E-state index is 13.5. The summed E-state index contributed by atoms with van der Waals surface area (Å²) < 4.78 is 15.5. The number of halogens is 2. The van der Waals surface area contributed by atoms with Crippen LogP contribution in [0.1, 0.15) is 22.2 Å². The third kappa shape index (κ3) is 4.90. The van der Waals surface area contributed by atoms with Crippen molar-refractivity contribution in [3.63, 3.8) is 0 Å². The Bertz CT molecular complexity index is 939. The van der Waals surface area contributed by atoms with Crippen molar-refractivity contribution in [1.29, 1.82) is 0 Å². The Morgan fingerprint density at radius 1 is 1.14 bits per heavy atom. The molecule has 0 saturated heterocycles. The molecule has 0 aliphatic rings. The van der Waals surface area contributed by atoms with Crippen LogP contribution in [0.25, 0.3) is 0 Å². The van der Waals surface area contributed by atoms with Gasteiger partial charge in [0, 0.05) is 25.0 Å². The minimum absolute atomic E-state index is 0.175. The van der Waals surface area contributed by atoms with Gasteiger partial charge in [-0.25, -0.2) is 4.39 Å². The SMILES string of the molecule is C=CCN(Cc1cccn1Cc1cccc(F)c1)C(=O)C(Cl)c1ccccc1. The Hall–Kier alpha value is -2.85. The highest BCUT2D eigenvalue weighted by atomic mass is 35.5. The van der Waals surface area contributed by atoms with Crippen LogP contribution in [0.3, 0.4) is 0 Å². The van der Waals surface area contributed by atoms with Gasteiger partial charge in [-0.05, 0) is 35.4 Å². The summed E-state index contributed by atoms with van der Waals surface area (Å²) in [5.41, 5.74) is 2.56. The minimum atomic E-state index is -0.757. The quantitative estimate of drug-likeness (QED) is 0.381. The average Bonchev–Trinajstić information content (AvgIpc) is 3.14. The number of alkyl halides is 1. The van der Waals surface area contributed by atoms with Crippen molar-refractivity contribution < 1.29 is 9.18 Å². The summed E-state index contributed by atoms with van der Waals surface area (Å²) in [6.07, 6.45) is 3.61. The maximum atomic E-state index is 13.5. The molecule has 3 aromatic rings. The largest absolute Gasteiger partial charge is 0.345 e. The van der Waals surface area contributed by atoms with Gasteiger partial charge in [0.15, 0.2) is 0 Å². The Morgan fingerprint density at radius 3 is 2.64 bits per heavy atom. The first-order chi connectivity index (χ1) is 13.6. The molecule has 144 valence electrons. The lowest BCUT2D eigenvalue weighted by Crippen LogP contribution is -2.34. The molecule has 0 spiro atoms. The molecular weight excluding hydrogens is 375 g/mol. The molecule has 1 atom stereocenters. The van der Waals surface area contributed by atoms with E-state index in [1.807, 2.05) is 59.3 Å². The summed E-state index contributed by atoms with van der Waals surface area (Å²) in [4.78, 5) is 14.6. The fourth-order valence-electron chi connectivity index (χ4n) is 3.09. The second-order valence-electron chi connectivity index (χ2n) is 6.54. The van der Waals surface area contributed by atoms with Crippen molar-refractivity contribution in [3.05, 3.63) is 108 Å². The average molecular weight is 397 g/mol. The van der Waals surface area contributed by atoms with Crippen molar-refractivity contribution in [2.75, 3.05) is 6.54 Å². The number of rotatable bonds is 8. The topological polar surface area (TPSA) is 25.2 Å². The number of hydrogen-bond acceptors (Lipinski definition) is 1. The van der Waals surface area contributed by atoms with Crippen LogP contribution in [-0.2, 0) is 17.9 Å². The predicted octanol–water partition coefficient (Wildman–Crippen LogP) is 5.17. The number of benzene rings is 2. The van der Waals surface area contributed by atoms with E-state index in [0.29, 0.717) is 19.6 Å². The van der Waals surface area contributed by atoms with E-state index in [-0.39, 0.29) is 11.7 Å². The van der Waals surface area contributed by atoms with Crippen LogP contribution < -0.4 is 0 Å². The van der Waals surface area contributed by atoms with Crippen LogP contribution in [0.2, 0.25) is 0 Å². The molecule has 0 saturated carbocycles. The minimum Gasteiger partial charge on any atom is -0.345 e. The molecule has 0 radical (unpaired) electrons. The van der Waals surface area contributed by atoms with Crippen LogP contribution in [-0.4, -0.2) is 21.9 Å². The van der Waals surface area contributed by atoms with Gasteiger partial charge in [0.1, 0.15) is 11.2 Å². The van der Waals surface area contributed by atoms with Crippen LogP contribution in [0, 0.1) is 5.82 Å². The molecule has 0 aliphatic carbocycles. The Morgan fingerprint density at radius 2 is 1.93 bits per heavy atom. The second-order valence-corrected chi connectivity index (χ2v) is 6.97. The molecule has 0 aliphatic heterocycles. The van der Waals surface area contributed by atoms with E-state index < -0.39 is 5.38 Å². The van der Waals surface area contributed by atoms with Gasteiger partial charge >= 0.3 is 0 Å². The van der Waals surface area contributed by atoms with Crippen LogP contribution >= 0.6 is 11.6 Å². The van der Waals surface area contributed by atoms with E-state index in [9.17, 15) is 9.18 Å². The number of carbonyl (C=O) groups excluding carboxylic acids is 1. The van der Waals surface area contributed by atoms with Gasteiger partial charge in [-0.15, -0.1) is 18.2 Å². The van der Waals surface area contributed by atoms with Gasteiger partial charge in [0.2, 0.25) is 5.91 Å². The maximum Gasteiger partial charge on any atom is 0.245 e. The van der Waals surface area contributed by atoms with E-state index in [1.54, 1.807) is 17.0 Å². The van der Waals surface area contributed by atoms with Gasteiger partial charge in [-0.3, -0.25) is 4.79 Å². The van der Waals surface area contributed by atoms with Crippen molar-refractivity contribution in [3.8, 4) is 0 Å². The number of hydrogen-bond donors (Lipinski definition) is 0. The molecule has 5 heteroatoms. The van der Waals surface area contributed by atoms with Gasteiger partial charge in [-0.1, -0.05) is 48.5 Å². The lowest BCUT2D eigenvalue weighted by Gasteiger charge is -2.24. The molecule has 1 amide bonds. The summed E-state index contributed by atoms with van der Waals surface area (Å²) in [6.45, 7) is 5.07. The number of amides is 1. The van der Waals surface area contributed by atoms with E-state index >= 15 is 0 Å². The fraction of sp³-hybridized carbons (Fsp3) is 0.174. The van der Waals surface area contributed by atoms with Crippen molar-refractivity contribution in [2.24, 2.45) is 0 Å². The number of nitrogens with zero attached hydrogens (tertiary/aromatic N) is 2. The van der Waals surface area contributed by atoms with Crippen molar-refractivity contribution in [1.82, 2.24) is 9.47 Å². The number of aromatic nitrogens is 1. The Labute approximate surface area is 169 Å². The first kappa shape index (κ1) is 19.9. The standard InChI is InChI=1S/C23H22ClFN2O/c1-2-13-27(23(28)22(24)19-9-4-3-5-10-19)17-21-12-7-14-26(21)16-18-8-6-11-20(25)15-18/h2-12,14-15,22H,1,13,16-17H2. The highest BCUT2D eigenvalue weighted by molar-refractivity contribution is 6.30. The van der Waals surface area contributed by atoms with Gasteiger partial charge in [0.05, 0.1) is 6.54 Å². The highest BCUT2D eigenvalue weighted by Gasteiger charge is 2.24. The van der Waals surface area contributed by atoms with E-state index in [4.69, 9.17) is 11.6 Å². The van der Waals surface area contributed by atoms with Crippen molar-refractivity contribution >= 4 is 17.5 Å². The molecule has 1 aromatic heterocycles. The highest BCUT2D eigenvalue weighted by Crippen LogP contribution is 2.24. The molecule has 1 heterocycles. The second kappa shape index (κ2) is 9.38. The van der Waals surface area contributed by atoms with Gasteiger partial charge in [-0.2, -0.15) is 0 Å². The first-order valence-electron chi connectivity index (χ1n) is 9.05. The van der Waals surface area contributed by atoms with E-state index in [2.05, 4.69) is 6.58 Å². The predicted molar refractivity (Wildman–Crippen MR) is 111 cm³/mol. The third-order valence-electron chi connectivity index (χ3n) is 4.49. The summed E-state index contributed by atoms with van der Waals surface area (Å²) >= 11 is 6.44. The van der Waals surface area contributed by atoms with Gasteiger partial charge < -0.3 is 9.47 Å². The summed E-state index contributed by atoms with van der Waals surface area (Å²) in [7, 11) is 0. The lowest BCUT2D eigenvalue weighted by molar-refractivity contribution is -0.131. The summed E-state index contributed by atoms with van der Waals surface area (Å²) in [6, 6.07) is 19.7. The molecule has 0 fully saturated rings. The first-order valence-corrected chi connectivity index (χ1v) is 9.49. The normalized spacial score (nSPS) is 11.8. The van der Waals surface area contributed by atoms with Crippen molar-refractivity contribution in [2.45, 2.75) is 18.5 Å². The molecular formula is C23H22ClFN2O. The van der Waals surface area contributed by atoms with Crippen LogP contribution in [0.4, 0.5) is 4.39 Å². The molecule has 28 heavy (non-hydrogen) atoms. The summed E-state index contributed by atoms with van der Waals surface area (Å²) in [5.74, 6) is -0.436. The lowest BCUT2D eigenvalue weighted by atomic mass is 10.1. The fourth-order valence-corrected chi connectivity index (χ4v) is 3.37. The smallest absolute Gasteiger partial charge is 0.245 e. The van der Waals surface area contributed by atoms with E-state index in [0.717, 1.165) is 16.8 Å². The number of carbonyl (C=O) groups is 1. The van der Waals surface area contributed by atoms with Crippen LogP contribution in [0.15, 0.2) is 85.6 Å². The molecule has 0 bridgehead atoms. The monoisotopic (exact) mass is 396 g/mol. The molecule has 0 N–H and O–H groups in total. The zero-order valence-electron chi connectivity index (χ0n) is 15.5. The third-order valence-corrected chi connectivity index (χ3v) is 4.93. The summed E-state index contributed by atoms with van der Waals surface area (Å²) in [5, 5.41) is -0.757. The molecule has 3 rings (SSSR count). The van der Waals surface area contributed by atoms with E-state index in [1.165, 1.54) is 12.1 Å².